The Hall–Kier alpha value is -0.550. The van der Waals surface area contributed by atoms with E-state index in [0.29, 0.717) is 11.3 Å². The third-order valence-electron chi connectivity index (χ3n) is 2.46. The van der Waals surface area contributed by atoms with Crippen LogP contribution in [0.1, 0.15) is 33.1 Å². The van der Waals surface area contributed by atoms with Crippen molar-refractivity contribution >= 4 is 0 Å². The Bertz CT molecular complexity index is 175. The zero-order valence-electron chi connectivity index (χ0n) is 8.06. The van der Waals surface area contributed by atoms with Crippen LogP contribution in [0, 0.1) is 22.7 Å². The largest absolute Gasteiger partial charge is 0.316 e. The zero-order chi connectivity index (χ0) is 9.03. The molecule has 1 fully saturated rings. The van der Waals surface area contributed by atoms with E-state index < -0.39 is 0 Å². The molecule has 2 nitrogen and oxygen atoms in total. The van der Waals surface area contributed by atoms with Gasteiger partial charge in [0.15, 0.2) is 0 Å². The van der Waals surface area contributed by atoms with Crippen LogP contribution >= 0.6 is 0 Å². The van der Waals surface area contributed by atoms with E-state index in [4.69, 9.17) is 5.26 Å². The first-order valence-corrected chi connectivity index (χ1v) is 4.76. The van der Waals surface area contributed by atoms with Crippen LogP contribution in [-0.2, 0) is 0 Å². The summed E-state index contributed by atoms with van der Waals surface area (Å²) in [7, 11) is 0. The first kappa shape index (κ1) is 9.54. The second kappa shape index (κ2) is 3.91. The Morgan fingerprint density at radius 2 is 2.17 bits per heavy atom. The predicted molar refractivity (Wildman–Crippen MR) is 49.6 cm³/mol. The molecular formula is C10H18N2. The summed E-state index contributed by atoms with van der Waals surface area (Å²) in [5, 5.41) is 12.0. The van der Waals surface area contributed by atoms with Crippen molar-refractivity contribution in [2.75, 3.05) is 13.1 Å². The second-order valence-electron chi connectivity index (χ2n) is 4.36. The van der Waals surface area contributed by atoms with Crippen LogP contribution < -0.4 is 5.32 Å². The van der Waals surface area contributed by atoms with Crippen LogP contribution in [0.25, 0.3) is 0 Å². The molecule has 0 unspecified atom stereocenters. The summed E-state index contributed by atoms with van der Waals surface area (Å²) in [4.78, 5) is 0. The number of rotatable bonds is 5. The number of nitriles is 1. The third-order valence-corrected chi connectivity index (χ3v) is 2.46. The average Bonchev–Trinajstić information content (AvgIpc) is 2.69. The summed E-state index contributed by atoms with van der Waals surface area (Å²) in [6.07, 6.45) is 3.22. The van der Waals surface area contributed by atoms with Gasteiger partial charge >= 0.3 is 0 Å². The van der Waals surface area contributed by atoms with E-state index in [1.807, 2.05) is 0 Å². The van der Waals surface area contributed by atoms with Crippen molar-refractivity contribution in [1.82, 2.24) is 5.32 Å². The van der Waals surface area contributed by atoms with Crippen LogP contribution in [0.15, 0.2) is 0 Å². The van der Waals surface area contributed by atoms with Gasteiger partial charge < -0.3 is 5.32 Å². The standard InChI is InChI=1S/C10H18N2/c1-9(2)7-12-8-10(3-4-10)5-6-11/h9,12H,3-5,7-8H2,1-2H3. The van der Waals surface area contributed by atoms with E-state index in [-0.39, 0.29) is 0 Å². The maximum absolute atomic E-state index is 8.57. The minimum atomic E-state index is 0.365. The molecule has 0 radical (unpaired) electrons. The molecule has 12 heavy (non-hydrogen) atoms. The second-order valence-corrected chi connectivity index (χ2v) is 4.36. The topological polar surface area (TPSA) is 35.8 Å². The fourth-order valence-corrected chi connectivity index (χ4v) is 1.39. The Balaban J connectivity index is 2.11. The monoisotopic (exact) mass is 166 g/mol. The highest BCUT2D eigenvalue weighted by molar-refractivity contribution is 5.00. The molecule has 1 aliphatic carbocycles. The van der Waals surface area contributed by atoms with E-state index in [0.717, 1.165) is 19.5 Å². The number of hydrogen-bond acceptors (Lipinski definition) is 2. The summed E-state index contributed by atoms with van der Waals surface area (Å²) in [5.74, 6) is 0.711. The molecule has 0 bridgehead atoms. The van der Waals surface area contributed by atoms with Gasteiger partial charge in [0, 0.05) is 13.0 Å². The van der Waals surface area contributed by atoms with Crippen molar-refractivity contribution in [3.8, 4) is 6.07 Å². The Morgan fingerprint density at radius 3 is 2.58 bits per heavy atom. The van der Waals surface area contributed by atoms with Crippen molar-refractivity contribution in [2.24, 2.45) is 11.3 Å². The van der Waals surface area contributed by atoms with E-state index in [9.17, 15) is 0 Å². The van der Waals surface area contributed by atoms with Gasteiger partial charge in [0.05, 0.1) is 6.07 Å². The Labute approximate surface area is 75.0 Å². The van der Waals surface area contributed by atoms with E-state index >= 15 is 0 Å². The molecule has 1 rings (SSSR count). The quantitative estimate of drug-likeness (QED) is 0.677. The first-order valence-electron chi connectivity index (χ1n) is 4.76. The lowest BCUT2D eigenvalue weighted by atomic mass is 10.0. The molecule has 68 valence electrons. The van der Waals surface area contributed by atoms with Gasteiger partial charge in [-0.25, -0.2) is 0 Å². The van der Waals surface area contributed by atoms with Crippen molar-refractivity contribution in [2.45, 2.75) is 33.1 Å². The van der Waals surface area contributed by atoms with Gasteiger partial charge in [-0.05, 0) is 30.7 Å². The summed E-state index contributed by atoms with van der Waals surface area (Å²) >= 11 is 0. The lowest BCUT2D eigenvalue weighted by molar-refractivity contribution is 0.441. The molecule has 0 aromatic heterocycles. The highest BCUT2D eigenvalue weighted by Gasteiger charge is 2.41. The molecule has 1 N–H and O–H groups in total. The molecule has 0 spiro atoms. The van der Waals surface area contributed by atoms with Gasteiger partial charge in [-0.1, -0.05) is 13.8 Å². The number of hydrogen-bond donors (Lipinski definition) is 1. The van der Waals surface area contributed by atoms with Crippen molar-refractivity contribution < 1.29 is 0 Å². The molecule has 0 saturated heterocycles. The summed E-state index contributed by atoms with van der Waals surface area (Å²) in [5.41, 5.74) is 0.365. The first-order chi connectivity index (χ1) is 5.68. The third kappa shape index (κ3) is 2.83. The van der Waals surface area contributed by atoms with Crippen molar-refractivity contribution in [3.05, 3.63) is 0 Å². The highest BCUT2D eigenvalue weighted by atomic mass is 14.9. The van der Waals surface area contributed by atoms with Gasteiger partial charge in [0.25, 0.3) is 0 Å². The van der Waals surface area contributed by atoms with Crippen molar-refractivity contribution in [3.63, 3.8) is 0 Å². The minimum Gasteiger partial charge on any atom is -0.316 e. The average molecular weight is 166 g/mol. The van der Waals surface area contributed by atoms with Crippen molar-refractivity contribution in [1.29, 1.82) is 5.26 Å². The van der Waals surface area contributed by atoms with E-state index in [2.05, 4.69) is 25.2 Å². The molecule has 1 aliphatic rings. The number of nitrogens with zero attached hydrogens (tertiary/aromatic N) is 1. The predicted octanol–water partition coefficient (Wildman–Crippen LogP) is 1.93. The van der Waals surface area contributed by atoms with Crippen LogP contribution in [-0.4, -0.2) is 13.1 Å². The summed E-state index contributed by atoms with van der Waals surface area (Å²) < 4.78 is 0. The normalized spacial score (nSPS) is 19.2. The van der Waals surface area contributed by atoms with E-state index in [1.54, 1.807) is 0 Å². The van der Waals surface area contributed by atoms with Crippen LogP contribution in [0.2, 0.25) is 0 Å². The Kier molecular flexibility index (Phi) is 3.11. The maximum Gasteiger partial charge on any atom is 0.0628 e. The molecule has 0 aromatic carbocycles. The fourth-order valence-electron chi connectivity index (χ4n) is 1.39. The van der Waals surface area contributed by atoms with Gasteiger partial charge in [-0.15, -0.1) is 0 Å². The number of nitrogens with one attached hydrogen (secondary N) is 1. The highest BCUT2D eigenvalue weighted by Crippen LogP contribution is 2.47. The fraction of sp³-hybridized carbons (Fsp3) is 0.900. The van der Waals surface area contributed by atoms with E-state index in [1.165, 1.54) is 12.8 Å². The van der Waals surface area contributed by atoms with Gasteiger partial charge in [0.1, 0.15) is 0 Å². The Morgan fingerprint density at radius 1 is 1.50 bits per heavy atom. The molecular weight excluding hydrogens is 148 g/mol. The maximum atomic E-state index is 8.57. The zero-order valence-corrected chi connectivity index (χ0v) is 8.06. The molecule has 2 heteroatoms. The molecule has 0 aliphatic heterocycles. The molecule has 0 atom stereocenters. The van der Waals surface area contributed by atoms with Crippen LogP contribution in [0.5, 0.6) is 0 Å². The SMILES string of the molecule is CC(C)CNCC1(CC#N)CC1. The molecule has 1 saturated carbocycles. The minimum absolute atomic E-state index is 0.365. The smallest absolute Gasteiger partial charge is 0.0628 e. The van der Waals surface area contributed by atoms with Crippen LogP contribution in [0.4, 0.5) is 0 Å². The lowest BCUT2D eigenvalue weighted by Gasteiger charge is -2.13. The van der Waals surface area contributed by atoms with Gasteiger partial charge in [-0.3, -0.25) is 0 Å². The summed E-state index contributed by atoms with van der Waals surface area (Å²) in [6.45, 7) is 6.53. The van der Waals surface area contributed by atoms with Crippen LogP contribution in [0.3, 0.4) is 0 Å². The van der Waals surface area contributed by atoms with Gasteiger partial charge in [-0.2, -0.15) is 5.26 Å². The molecule has 0 heterocycles. The molecule has 0 aromatic rings. The molecule has 0 amide bonds. The summed E-state index contributed by atoms with van der Waals surface area (Å²) in [6, 6.07) is 2.27. The lowest BCUT2D eigenvalue weighted by Crippen LogP contribution is -2.27. The van der Waals surface area contributed by atoms with Gasteiger partial charge in [0.2, 0.25) is 0 Å².